The fraction of sp³-hybridized carbons (Fsp3) is 0. The minimum Gasteiger partial charge on any atom is -0.322 e. The number of thiazole rings is 1. The van der Waals surface area contributed by atoms with Gasteiger partial charge in [-0.1, -0.05) is 60.1 Å². The number of carbonyl (C=O) groups excluding carboxylic acids is 1. The third-order valence-corrected chi connectivity index (χ3v) is 5.34. The molecule has 0 unspecified atom stereocenters. The van der Waals surface area contributed by atoms with E-state index in [0.717, 1.165) is 21.8 Å². The highest BCUT2D eigenvalue weighted by Gasteiger charge is 2.16. The van der Waals surface area contributed by atoms with Crippen molar-refractivity contribution in [1.82, 2.24) is 4.98 Å². The molecule has 138 valence electrons. The summed E-state index contributed by atoms with van der Waals surface area (Å²) in [4.78, 5) is 17.1. The average molecular weight is 409 g/mol. The highest BCUT2D eigenvalue weighted by molar-refractivity contribution is 7.13. The molecule has 0 aliphatic heterocycles. The molecule has 0 atom stereocenters. The van der Waals surface area contributed by atoms with Gasteiger partial charge in [0.1, 0.15) is 10.8 Å². The molecule has 28 heavy (non-hydrogen) atoms. The van der Waals surface area contributed by atoms with Crippen molar-refractivity contribution >= 4 is 34.5 Å². The normalized spacial score (nSPS) is 10.6. The predicted octanol–water partition coefficient (Wildman–Crippen LogP) is 6.52. The number of benzene rings is 3. The lowest BCUT2D eigenvalue weighted by Crippen LogP contribution is -2.14. The van der Waals surface area contributed by atoms with Gasteiger partial charge in [0.05, 0.1) is 16.3 Å². The third kappa shape index (κ3) is 3.81. The summed E-state index contributed by atoms with van der Waals surface area (Å²) in [6.45, 7) is 0. The number of aromatic nitrogens is 1. The van der Waals surface area contributed by atoms with Crippen molar-refractivity contribution in [3.05, 3.63) is 94.6 Å². The molecule has 0 saturated carbocycles. The first-order valence-electron chi connectivity index (χ1n) is 8.48. The van der Waals surface area contributed by atoms with E-state index in [1.807, 2.05) is 47.8 Å². The predicted molar refractivity (Wildman–Crippen MR) is 112 cm³/mol. The molecule has 4 aromatic rings. The van der Waals surface area contributed by atoms with E-state index < -0.39 is 11.7 Å². The molecule has 0 saturated heterocycles. The fourth-order valence-corrected chi connectivity index (χ4v) is 3.87. The summed E-state index contributed by atoms with van der Waals surface area (Å²) >= 11 is 7.52. The van der Waals surface area contributed by atoms with E-state index in [1.54, 1.807) is 23.5 Å². The molecule has 3 aromatic carbocycles. The Labute approximate surface area is 170 Å². The lowest BCUT2D eigenvalue weighted by molar-refractivity contribution is 0.102. The zero-order valence-corrected chi connectivity index (χ0v) is 16.1. The maximum absolute atomic E-state index is 14.0. The van der Waals surface area contributed by atoms with Gasteiger partial charge in [-0.05, 0) is 24.3 Å². The Morgan fingerprint density at radius 2 is 1.71 bits per heavy atom. The summed E-state index contributed by atoms with van der Waals surface area (Å²) in [5.74, 6) is -1.25. The Morgan fingerprint density at radius 3 is 2.50 bits per heavy atom. The Morgan fingerprint density at radius 1 is 0.964 bits per heavy atom. The first kappa shape index (κ1) is 18.3. The van der Waals surface area contributed by atoms with E-state index in [-0.39, 0.29) is 10.6 Å². The van der Waals surface area contributed by atoms with Crippen LogP contribution in [0.1, 0.15) is 10.4 Å². The molecule has 1 N–H and O–H groups in total. The van der Waals surface area contributed by atoms with Crippen LogP contribution in [0.15, 0.2) is 78.2 Å². The van der Waals surface area contributed by atoms with Crippen molar-refractivity contribution in [2.75, 3.05) is 5.32 Å². The summed E-state index contributed by atoms with van der Waals surface area (Å²) in [5.41, 5.74) is 3.09. The molecular weight excluding hydrogens is 395 g/mol. The number of hydrogen-bond acceptors (Lipinski definition) is 3. The van der Waals surface area contributed by atoms with Crippen molar-refractivity contribution in [3.8, 4) is 21.8 Å². The van der Waals surface area contributed by atoms with Crippen LogP contribution in [0, 0.1) is 5.82 Å². The van der Waals surface area contributed by atoms with Gasteiger partial charge in [0.2, 0.25) is 0 Å². The van der Waals surface area contributed by atoms with Gasteiger partial charge in [0.25, 0.3) is 5.91 Å². The van der Waals surface area contributed by atoms with Crippen LogP contribution in [-0.2, 0) is 0 Å². The highest BCUT2D eigenvalue weighted by Crippen LogP contribution is 2.30. The average Bonchev–Trinajstić information content (AvgIpc) is 3.19. The first-order chi connectivity index (χ1) is 13.6. The van der Waals surface area contributed by atoms with E-state index in [1.165, 1.54) is 18.2 Å². The second-order valence-corrected chi connectivity index (χ2v) is 7.30. The number of nitrogens with one attached hydrogen (secondary N) is 1. The summed E-state index contributed by atoms with van der Waals surface area (Å²) in [7, 11) is 0. The van der Waals surface area contributed by atoms with Gasteiger partial charge in [0, 0.05) is 22.2 Å². The zero-order chi connectivity index (χ0) is 19.5. The fourth-order valence-electron chi connectivity index (χ4n) is 2.78. The van der Waals surface area contributed by atoms with Gasteiger partial charge in [-0.15, -0.1) is 11.3 Å². The van der Waals surface area contributed by atoms with Gasteiger partial charge in [-0.2, -0.15) is 0 Å². The number of nitrogens with zero attached hydrogens (tertiary/aromatic N) is 1. The van der Waals surface area contributed by atoms with Crippen LogP contribution in [0.2, 0.25) is 5.02 Å². The third-order valence-electron chi connectivity index (χ3n) is 4.13. The minimum absolute atomic E-state index is 0.0701. The zero-order valence-electron chi connectivity index (χ0n) is 14.5. The molecule has 0 aliphatic rings. The Balaban J connectivity index is 1.59. The molecule has 4 rings (SSSR count). The molecule has 0 fully saturated rings. The topological polar surface area (TPSA) is 42.0 Å². The van der Waals surface area contributed by atoms with Gasteiger partial charge in [0.15, 0.2) is 0 Å². The van der Waals surface area contributed by atoms with Crippen molar-refractivity contribution in [2.24, 2.45) is 0 Å². The van der Waals surface area contributed by atoms with Crippen LogP contribution in [-0.4, -0.2) is 10.9 Å². The molecule has 0 aliphatic carbocycles. The number of halogens is 2. The van der Waals surface area contributed by atoms with Crippen molar-refractivity contribution in [3.63, 3.8) is 0 Å². The molecule has 6 heteroatoms. The van der Waals surface area contributed by atoms with Crippen LogP contribution in [0.25, 0.3) is 21.8 Å². The van der Waals surface area contributed by atoms with Crippen LogP contribution >= 0.6 is 22.9 Å². The number of rotatable bonds is 4. The molecule has 1 heterocycles. The molecule has 1 aromatic heterocycles. The number of carbonyl (C=O) groups is 1. The first-order valence-corrected chi connectivity index (χ1v) is 9.74. The van der Waals surface area contributed by atoms with E-state index in [2.05, 4.69) is 10.3 Å². The summed E-state index contributed by atoms with van der Waals surface area (Å²) < 4.78 is 14.0. The van der Waals surface area contributed by atoms with E-state index in [9.17, 15) is 9.18 Å². The number of amides is 1. The van der Waals surface area contributed by atoms with Crippen molar-refractivity contribution in [2.45, 2.75) is 0 Å². The SMILES string of the molecule is O=C(Nc1cccc(-c2csc(-c3ccccc3)n2)c1)c1c(F)cccc1Cl. The second-order valence-electron chi connectivity index (χ2n) is 6.04. The minimum atomic E-state index is -0.659. The molecular formula is C22H14ClFN2OS. The molecule has 3 nitrogen and oxygen atoms in total. The standard InChI is InChI=1S/C22H14ClFN2OS/c23-17-10-5-11-18(24)20(17)21(27)25-16-9-4-8-15(12-16)19-13-28-22(26-19)14-6-2-1-3-7-14/h1-13H,(H,25,27). The van der Waals surface area contributed by atoms with E-state index >= 15 is 0 Å². The smallest absolute Gasteiger partial charge is 0.260 e. The highest BCUT2D eigenvalue weighted by atomic mass is 35.5. The van der Waals surface area contributed by atoms with Crippen LogP contribution in [0.3, 0.4) is 0 Å². The Kier molecular flexibility index (Phi) is 5.19. The van der Waals surface area contributed by atoms with E-state index in [4.69, 9.17) is 11.6 Å². The lowest BCUT2D eigenvalue weighted by Gasteiger charge is -2.08. The molecule has 0 radical (unpaired) electrons. The van der Waals surface area contributed by atoms with E-state index in [0.29, 0.717) is 5.69 Å². The molecule has 1 amide bonds. The maximum atomic E-state index is 14.0. The monoisotopic (exact) mass is 408 g/mol. The van der Waals surface area contributed by atoms with Gasteiger partial charge < -0.3 is 5.32 Å². The van der Waals surface area contributed by atoms with Crippen molar-refractivity contribution in [1.29, 1.82) is 0 Å². The Hall–Kier alpha value is -3.02. The van der Waals surface area contributed by atoms with Gasteiger partial charge in [-0.3, -0.25) is 4.79 Å². The number of hydrogen-bond donors (Lipinski definition) is 1. The van der Waals surface area contributed by atoms with Crippen LogP contribution < -0.4 is 5.32 Å². The molecule has 0 bridgehead atoms. The van der Waals surface area contributed by atoms with Crippen LogP contribution in [0.4, 0.5) is 10.1 Å². The summed E-state index contributed by atoms with van der Waals surface area (Å²) in [6.07, 6.45) is 0. The van der Waals surface area contributed by atoms with Crippen molar-refractivity contribution < 1.29 is 9.18 Å². The molecule has 0 spiro atoms. The van der Waals surface area contributed by atoms with Gasteiger partial charge >= 0.3 is 0 Å². The van der Waals surface area contributed by atoms with Crippen LogP contribution in [0.5, 0.6) is 0 Å². The Bertz CT molecular complexity index is 1120. The second kappa shape index (κ2) is 7.92. The summed E-state index contributed by atoms with van der Waals surface area (Å²) in [5, 5.41) is 5.66. The largest absolute Gasteiger partial charge is 0.322 e. The van der Waals surface area contributed by atoms with Gasteiger partial charge in [-0.25, -0.2) is 9.37 Å². The lowest BCUT2D eigenvalue weighted by atomic mass is 10.1. The summed E-state index contributed by atoms with van der Waals surface area (Å²) in [6, 6.07) is 21.3. The number of anilines is 1. The quantitative estimate of drug-likeness (QED) is 0.417. The maximum Gasteiger partial charge on any atom is 0.260 e.